The first-order chi connectivity index (χ1) is 15.0. The van der Waals surface area contributed by atoms with Crippen molar-refractivity contribution in [1.82, 2.24) is 14.8 Å². The van der Waals surface area contributed by atoms with Crippen LogP contribution < -0.4 is 19.5 Å². The maximum absolute atomic E-state index is 12.4. The van der Waals surface area contributed by atoms with Crippen molar-refractivity contribution in [1.29, 1.82) is 0 Å². The number of hydrogen-bond acceptors (Lipinski definition) is 5. The number of thiocarbonyl (C=S) groups is 1. The van der Waals surface area contributed by atoms with Gasteiger partial charge < -0.3 is 24.1 Å². The van der Waals surface area contributed by atoms with Crippen LogP contribution in [-0.2, 0) is 11.3 Å². The van der Waals surface area contributed by atoms with Gasteiger partial charge in [0.1, 0.15) is 18.1 Å². The fraction of sp³-hybridized carbons (Fsp3) is 0.182. The maximum atomic E-state index is 12.4. The van der Waals surface area contributed by atoms with Crippen LogP contribution in [0.25, 0.3) is 17.0 Å². The number of amides is 1. The van der Waals surface area contributed by atoms with Gasteiger partial charge in [-0.15, -0.1) is 0 Å². The number of fused-ring (bicyclic) bond motifs is 2. The van der Waals surface area contributed by atoms with Crippen LogP contribution in [0.4, 0.5) is 0 Å². The van der Waals surface area contributed by atoms with Crippen molar-refractivity contribution in [2.45, 2.75) is 6.54 Å². The van der Waals surface area contributed by atoms with Crippen molar-refractivity contribution >= 4 is 56.1 Å². The number of nitrogens with zero attached hydrogens (tertiary/aromatic N) is 2. The molecule has 0 bridgehead atoms. The van der Waals surface area contributed by atoms with Crippen molar-refractivity contribution in [3.63, 3.8) is 0 Å². The first-order valence-corrected chi connectivity index (χ1v) is 10.8. The smallest absolute Gasteiger partial charge is 0.276 e. The molecule has 2 aromatic carbocycles. The van der Waals surface area contributed by atoms with Gasteiger partial charge in [0.05, 0.1) is 6.54 Å². The van der Waals surface area contributed by atoms with Crippen LogP contribution in [0.5, 0.6) is 17.2 Å². The second-order valence-corrected chi connectivity index (χ2v) is 8.46. The number of halogens is 1. The number of rotatable bonds is 5. The van der Waals surface area contributed by atoms with Gasteiger partial charge in [0.2, 0.25) is 6.79 Å². The number of carbonyl (C=O) groups excluding carboxylic acids is 1. The Morgan fingerprint density at radius 2 is 2.06 bits per heavy atom. The second-order valence-electron chi connectivity index (χ2n) is 7.16. The summed E-state index contributed by atoms with van der Waals surface area (Å²) in [5.74, 6) is 2.00. The van der Waals surface area contributed by atoms with E-state index in [0.29, 0.717) is 29.7 Å². The molecule has 1 fully saturated rings. The lowest BCUT2D eigenvalue weighted by Crippen LogP contribution is -2.25. The Balaban J connectivity index is 1.39. The topological polar surface area (TPSA) is 65.0 Å². The fourth-order valence-electron chi connectivity index (χ4n) is 3.60. The van der Waals surface area contributed by atoms with Crippen LogP contribution in [0.3, 0.4) is 0 Å². The lowest BCUT2D eigenvalue weighted by molar-refractivity contribution is -0.121. The third-order valence-corrected chi connectivity index (χ3v) is 6.07. The summed E-state index contributed by atoms with van der Waals surface area (Å²) < 4.78 is 19.7. The molecule has 158 valence electrons. The molecule has 0 atom stereocenters. The maximum Gasteiger partial charge on any atom is 0.276 e. The van der Waals surface area contributed by atoms with Crippen molar-refractivity contribution < 1.29 is 19.0 Å². The molecule has 0 aliphatic carbocycles. The summed E-state index contributed by atoms with van der Waals surface area (Å²) in [5.41, 5.74) is 2.43. The molecule has 1 saturated heterocycles. The number of nitrogens with one attached hydrogen (secondary N) is 1. The zero-order chi connectivity index (χ0) is 21.5. The Bertz CT molecular complexity index is 1250. The third-order valence-electron chi connectivity index (χ3n) is 5.20. The minimum Gasteiger partial charge on any atom is -0.492 e. The quantitative estimate of drug-likeness (QED) is 0.424. The van der Waals surface area contributed by atoms with E-state index in [0.717, 1.165) is 32.4 Å². The molecule has 2 aliphatic heterocycles. The Hall–Kier alpha value is -3.04. The number of aromatic nitrogens is 1. The van der Waals surface area contributed by atoms with E-state index in [-0.39, 0.29) is 12.7 Å². The van der Waals surface area contributed by atoms with Crippen molar-refractivity contribution in [3.8, 4) is 17.2 Å². The lowest BCUT2D eigenvalue weighted by Gasteiger charge is -2.09. The van der Waals surface area contributed by atoms with Crippen molar-refractivity contribution in [2.24, 2.45) is 0 Å². The number of hydrogen-bond donors (Lipinski definition) is 1. The molecule has 1 aromatic heterocycles. The van der Waals surface area contributed by atoms with Crippen LogP contribution in [-0.4, -0.2) is 40.9 Å². The van der Waals surface area contributed by atoms with Crippen LogP contribution in [0.15, 0.2) is 52.8 Å². The standard InChI is InChI=1S/C22H18BrN3O4S/c1-25-21(27)17(24-22(25)31)8-13-11-26(18-4-2-14(23)9-16(13)18)6-7-28-15-3-5-19-20(10-15)30-12-29-19/h2-5,8-11H,6-7,12H2,1H3,(H,24,31)/b17-8-. The highest BCUT2D eigenvalue weighted by atomic mass is 79.9. The molecule has 3 aromatic rings. The van der Waals surface area contributed by atoms with E-state index in [4.69, 9.17) is 26.4 Å². The Kier molecular flexibility index (Phi) is 5.07. The van der Waals surface area contributed by atoms with Crippen LogP contribution in [0, 0.1) is 0 Å². The van der Waals surface area contributed by atoms with E-state index >= 15 is 0 Å². The minimum atomic E-state index is -0.146. The summed E-state index contributed by atoms with van der Waals surface area (Å²) >= 11 is 8.71. The molecular formula is C22H18BrN3O4S. The number of benzene rings is 2. The highest BCUT2D eigenvalue weighted by Gasteiger charge is 2.27. The highest BCUT2D eigenvalue weighted by molar-refractivity contribution is 9.10. The molecule has 0 unspecified atom stereocenters. The van der Waals surface area contributed by atoms with Gasteiger partial charge in [-0.05, 0) is 48.6 Å². The van der Waals surface area contributed by atoms with E-state index in [2.05, 4.69) is 25.8 Å². The molecule has 7 nitrogen and oxygen atoms in total. The van der Waals surface area contributed by atoms with E-state index in [1.807, 2.05) is 48.7 Å². The minimum absolute atomic E-state index is 0.146. The first kappa shape index (κ1) is 19.9. The molecule has 1 N–H and O–H groups in total. The number of likely N-dealkylation sites (N-methyl/N-ethyl adjacent to an activating group) is 1. The molecule has 0 spiro atoms. The Labute approximate surface area is 192 Å². The summed E-state index contributed by atoms with van der Waals surface area (Å²) in [6, 6.07) is 11.6. The molecule has 31 heavy (non-hydrogen) atoms. The molecule has 9 heteroatoms. The molecule has 0 radical (unpaired) electrons. The van der Waals surface area contributed by atoms with Crippen LogP contribution >= 0.6 is 28.1 Å². The van der Waals surface area contributed by atoms with Gasteiger partial charge in [-0.2, -0.15) is 0 Å². The van der Waals surface area contributed by atoms with E-state index in [1.165, 1.54) is 4.90 Å². The normalized spacial score (nSPS) is 16.5. The predicted octanol–water partition coefficient (Wildman–Crippen LogP) is 3.90. The van der Waals surface area contributed by atoms with Gasteiger partial charge in [0.25, 0.3) is 5.91 Å². The van der Waals surface area contributed by atoms with E-state index in [1.54, 1.807) is 7.05 Å². The summed E-state index contributed by atoms with van der Waals surface area (Å²) in [4.78, 5) is 13.8. The fourth-order valence-corrected chi connectivity index (χ4v) is 4.16. The zero-order valence-corrected chi connectivity index (χ0v) is 19.0. The summed E-state index contributed by atoms with van der Waals surface area (Å²) in [6.45, 7) is 1.34. The average Bonchev–Trinajstić information content (AvgIpc) is 3.42. The van der Waals surface area contributed by atoms with Crippen LogP contribution in [0.1, 0.15) is 5.56 Å². The Morgan fingerprint density at radius 1 is 1.23 bits per heavy atom. The zero-order valence-electron chi connectivity index (χ0n) is 16.6. The van der Waals surface area contributed by atoms with Crippen molar-refractivity contribution in [3.05, 3.63) is 58.3 Å². The van der Waals surface area contributed by atoms with Gasteiger partial charge in [0.15, 0.2) is 16.6 Å². The first-order valence-electron chi connectivity index (χ1n) is 9.61. The molecule has 1 amide bonds. The number of carbonyl (C=O) groups is 1. The van der Waals surface area contributed by atoms with E-state index < -0.39 is 0 Å². The predicted molar refractivity (Wildman–Crippen MR) is 124 cm³/mol. The van der Waals surface area contributed by atoms with Crippen LogP contribution in [0.2, 0.25) is 0 Å². The Morgan fingerprint density at radius 3 is 2.87 bits per heavy atom. The van der Waals surface area contributed by atoms with E-state index in [9.17, 15) is 4.79 Å². The van der Waals surface area contributed by atoms with Gasteiger partial charge in [-0.25, -0.2) is 0 Å². The van der Waals surface area contributed by atoms with Gasteiger partial charge >= 0.3 is 0 Å². The summed E-state index contributed by atoms with van der Waals surface area (Å²) in [7, 11) is 1.66. The average molecular weight is 500 g/mol. The van der Waals surface area contributed by atoms with Gasteiger partial charge in [-0.3, -0.25) is 9.69 Å². The molecule has 2 aliphatic rings. The number of ether oxygens (including phenoxy) is 3. The molecule has 5 rings (SSSR count). The second kappa shape index (κ2) is 7.90. The monoisotopic (exact) mass is 499 g/mol. The largest absolute Gasteiger partial charge is 0.492 e. The molecular weight excluding hydrogens is 482 g/mol. The third kappa shape index (κ3) is 3.75. The van der Waals surface area contributed by atoms with Gasteiger partial charge in [0, 0.05) is 40.2 Å². The van der Waals surface area contributed by atoms with Gasteiger partial charge in [-0.1, -0.05) is 15.9 Å². The lowest BCUT2D eigenvalue weighted by atomic mass is 10.1. The summed E-state index contributed by atoms with van der Waals surface area (Å²) in [6.07, 6.45) is 3.85. The molecule has 0 saturated carbocycles. The summed E-state index contributed by atoms with van der Waals surface area (Å²) in [5, 5.41) is 4.41. The highest BCUT2D eigenvalue weighted by Crippen LogP contribution is 2.35. The molecule has 3 heterocycles. The van der Waals surface area contributed by atoms with Crippen molar-refractivity contribution in [2.75, 3.05) is 20.4 Å². The SMILES string of the molecule is CN1C(=O)/C(=C/c2cn(CCOc3ccc4c(c3)OCO4)c3ccc(Br)cc23)NC1=S.